The van der Waals surface area contributed by atoms with Gasteiger partial charge >= 0.3 is 0 Å². The van der Waals surface area contributed by atoms with Crippen molar-refractivity contribution >= 4 is 28.3 Å². The Morgan fingerprint density at radius 3 is 2.48 bits per heavy atom. The molecule has 3 aromatic rings. The second kappa shape index (κ2) is 8.35. The Kier molecular flexibility index (Phi) is 5.47. The van der Waals surface area contributed by atoms with Crippen LogP contribution in [-0.4, -0.2) is 36.9 Å². The normalized spacial score (nSPS) is 14.6. The number of rotatable bonds is 4. The van der Waals surface area contributed by atoms with Crippen LogP contribution in [0.2, 0.25) is 0 Å². The minimum absolute atomic E-state index is 0.0168. The molecule has 0 unspecified atom stereocenters. The van der Waals surface area contributed by atoms with Crippen LogP contribution in [0.5, 0.6) is 5.75 Å². The number of carbonyl (C=O) groups is 2. The van der Waals surface area contributed by atoms with Crippen molar-refractivity contribution in [2.45, 2.75) is 12.8 Å². The van der Waals surface area contributed by atoms with E-state index in [-0.39, 0.29) is 17.7 Å². The molecule has 5 nitrogen and oxygen atoms in total. The van der Waals surface area contributed by atoms with E-state index in [4.69, 9.17) is 4.74 Å². The largest absolute Gasteiger partial charge is 0.497 e. The molecule has 0 spiro atoms. The smallest absolute Gasteiger partial charge is 0.253 e. The molecule has 5 heteroatoms. The Morgan fingerprint density at radius 1 is 0.966 bits per heavy atom. The van der Waals surface area contributed by atoms with Gasteiger partial charge in [0.05, 0.1) is 7.11 Å². The van der Waals surface area contributed by atoms with Gasteiger partial charge < -0.3 is 15.0 Å². The van der Waals surface area contributed by atoms with Crippen LogP contribution >= 0.6 is 0 Å². The standard InChI is InChI=1S/C24H24N2O3/c1-29-20-9-4-8-19(16-20)24(28)26-14-12-18(13-15-26)23(27)25-22-11-5-7-17-6-2-3-10-21(17)22/h2-11,16,18H,12-15H2,1H3,(H,25,27). The van der Waals surface area contributed by atoms with Crippen molar-refractivity contribution in [3.63, 3.8) is 0 Å². The lowest BCUT2D eigenvalue weighted by atomic mass is 9.95. The van der Waals surface area contributed by atoms with Crippen molar-refractivity contribution in [1.82, 2.24) is 4.90 Å². The molecular weight excluding hydrogens is 364 g/mol. The summed E-state index contributed by atoms with van der Waals surface area (Å²) in [5, 5.41) is 5.22. The first-order valence-electron chi connectivity index (χ1n) is 9.87. The molecule has 1 heterocycles. The summed E-state index contributed by atoms with van der Waals surface area (Å²) in [6.07, 6.45) is 1.32. The van der Waals surface area contributed by atoms with Gasteiger partial charge in [0.2, 0.25) is 5.91 Å². The number of methoxy groups -OCH3 is 1. The third-order valence-corrected chi connectivity index (χ3v) is 5.52. The van der Waals surface area contributed by atoms with E-state index in [1.807, 2.05) is 59.5 Å². The van der Waals surface area contributed by atoms with Crippen LogP contribution in [-0.2, 0) is 4.79 Å². The molecule has 0 bridgehead atoms. The monoisotopic (exact) mass is 388 g/mol. The summed E-state index contributed by atoms with van der Waals surface area (Å²) in [7, 11) is 1.59. The molecule has 1 aliphatic heterocycles. The maximum absolute atomic E-state index is 12.8. The fourth-order valence-corrected chi connectivity index (χ4v) is 3.85. The summed E-state index contributed by atoms with van der Waals surface area (Å²) in [5.74, 6) is 0.579. The lowest BCUT2D eigenvalue weighted by Gasteiger charge is -2.31. The lowest BCUT2D eigenvalue weighted by molar-refractivity contribution is -0.121. The summed E-state index contributed by atoms with van der Waals surface area (Å²) in [5.41, 5.74) is 1.45. The van der Waals surface area contributed by atoms with E-state index < -0.39 is 0 Å². The van der Waals surface area contributed by atoms with E-state index in [1.165, 1.54) is 0 Å². The minimum Gasteiger partial charge on any atom is -0.497 e. The van der Waals surface area contributed by atoms with Crippen molar-refractivity contribution in [2.75, 3.05) is 25.5 Å². The Hall–Kier alpha value is -3.34. The van der Waals surface area contributed by atoms with Crippen molar-refractivity contribution < 1.29 is 14.3 Å². The molecule has 1 saturated heterocycles. The Labute approximate surface area is 170 Å². The third kappa shape index (κ3) is 4.09. The quantitative estimate of drug-likeness (QED) is 0.723. The number of fused-ring (bicyclic) bond motifs is 1. The second-order valence-electron chi connectivity index (χ2n) is 7.31. The first-order valence-corrected chi connectivity index (χ1v) is 9.87. The number of benzene rings is 3. The molecule has 0 aromatic heterocycles. The molecule has 1 N–H and O–H groups in total. The first kappa shape index (κ1) is 19.0. The number of anilines is 1. The SMILES string of the molecule is COc1cccc(C(=O)N2CCC(C(=O)Nc3cccc4ccccc34)CC2)c1. The fourth-order valence-electron chi connectivity index (χ4n) is 3.85. The summed E-state index contributed by atoms with van der Waals surface area (Å²) in [6, 6.07) is 21.1. The molecule has 0 atom stereocenters. The summed E-state index contributed by atoms with van der Waals surface area (Å²) < 4.78 is 5.20. The Bertz CT molecular complexity index is 1030. The molecule has 148 valence electrons. The van der Waals surface area contributed by atoms with Crippen molar-refractivity contribution in [3.05, 3.63) is 72.3 Å². The number of nitrogens with zero attached hydrogens (tertiary/aromatic N) is 1. The van der Waals surface area contributed by atoms with E-state index in [2.05, 4.69) is 5.32 Å². The molecule has 1 fully saturated rings. The van der Waals surface area contributed by atoms with E-state index in [1.54, 1.807) is 19.2 Å². The van der Waals surface area contributed by atoms with Crippen LogP contribution in [0.25, 0.3) is 10.8 Å². The van der Waals surface area contributed by atoms with Gasteiger partial charge in [-0.05, 0) is 42.5 Å². The van der Waals surface area contributed by atoms with Crippen LogP contribution in [0.3, 0.4) is 0 Å². The van der Waals surface area contributed by atoms with Gasteiger partial charge in [0.15, 0.2) is 0 Å². The van der Waals surface area contributed by atoms with Crippen LogP contribution < -0.4 is 10.1 Å². The highest BCUT2D eigenvalue weighted by atomic mass is 16.5. The molecular formula is C24H24N2O3. The molecule has 1 aliphatic rings. The van der Waals surface area contributed by atoms with Crippen LogP contribution in [0.1, 0.15) is 23.2 Å². The number of piperidine rings is 1. The van der Waals surface area contributed by atoms with Crippen LogP contribution in [0.4, 0.5) is 5.69 Å². The van der Waals surface area contributed by atoms with Crippen molar-refractivity contribution in [3.8, 4) is 5.75 Å². The number of likely N-dealkylation sites (tertiary alicyclic amines) is 1. The maximum atomic E-state index is 12.8. The second-order valence-corrected chi connectivity index (χ2v) is 7.31. The van der Waals surface area contributed by atoms with Gasteiger partial charge in [0.1, 0.15) is 5.75 Å². The van der Waals surface area contributed by atoms with E-state index in [0.717, 1.165) is 16.5 Å². The molecule has 29 heavy (non-hydrogen) atoms. The predicted octanol–water partition coefficient (Wildman–Crippen LogP) is 4.34. The zero-order chi connectivity index (χ0) is 20.2. The number of hydrogen-bond donors (Lipinski definition) is 1. The van der Waals surface area contributed by atoms with E-state index in [9.17, 15) is 9.59 Å². The molecule has 0 radical (unpaired) electrons. The fraction of sp³-hybridized carbons (Fsp3) is 0.250. The molecule has 0 saturated carbocycles. The van der Waals surface area contributed by atoms with Crippen molar-refractivity contribution in [2.24, 2.45) is 5.92 Å². The van der Waals surface area contributed by atoms with Crippen LogP contribution in [0.15, 0.2) is 66.7 Å². The van der Waals surface area contributed by atoms with E-state index in [0.29, 0.717) is 37.2 Å². The van der Waals surface area contributed by atoms with Gasteiger partial charge in [0, 0.05) is 35.6 Å². The molecule has 2 amide bonds. The highest BCUT2D eigenvalue weighted by molar-refractivity contribution is 6.03. The summed E-state index contributed by atoms with van der Waals surface area (Å²) in [6.45, 7) is 1.15. The average molecular weight is 388 g/mol. The lowest BCUT2D eigenvalue weighted by Crippen LogP contribution is -2.41. The number of ether oxygens (including phenoxy) is 1. The van der Waals surface area contributed by atoms with Gasteiger partial charge in [-0.1, -0.05) is 42.5 Å². The summed E-state index contributed by atoms with van der Waals surface area (Å²) in [4.78, 5) is 27.4. The third-order valence-electron chi connectivity index (χ3n) is 5.52. The number of nitrogens with one attached hydrogen (secondary N) is 1. The van der Waals surface area contributed by atoms with E-state index >= 15 is 0 Å². The van der Waals surface area contributed by atoms with Gasteiger partial charge in [-0.2, -0.15) is 0 Å². The average Bonchev–Trinajstić information content (AvgIpc) is 2.79. The topological polar surface area (TPSA) is 58.6 Å². The first-order chi connectivity index (χ1) is 14.2. The van der Waals surface area contributed by atoms with Gasteiger partial charge in [-0.15, -0.1) is 0 Å². The predicted molar refractivity (Wildman–Crippen MR) is 114 cm³/mol. The number of hydrogen-bond acceptors (Lipinski definition) is 3. The highest BCUT2D eigenvalue weighted by Gasteiger charge is 2.28. The minimum atomic E-state index is -0.0941. The molecule has 0 aliphatic carbocycles. The molecule has 4 rings (SSSR count). The number of carbonyl (C=O) groups excluding carboxylic acids is 2. The van der Waals surface area contributed by atoms with Crippen molar-refractivity contribution in [1.29, 1.82) is 0 Å². The van der Waals surface area contributed by atoms with Gasteiger partial charge in [-0.25, -0.2) is 0 Å². The van der Waals surface area contributed by atoms with Gasteiger partial charge in [-0.3, -0.25) is 9.59 Å². The zero-order valence-electron chi connectivity index (χ0n) is 16.4. The zero-order valence-corrected chi connectivity index (χ0v) is 16.4. The van der Waals surface area contributed by atoms with Gasteiger partial charge in [0.25, 0.3) is 5.91 Å². The summed E-state index contributed by atoms with van der Waals surface area (Å²) >= 11 is 0. The Balaban J connectivity index is 1.39. The highest BCUT2D eigenvalue weighted by Crippen LogP contribution is 2.26. The maximum Gasteiger partial charge on any atom is 0.253 e. The molecule has 3 aromatic carbocycles. The van der Waals surface area contributed by atoms with Crippen LogP contribution in [0, 0.1) is 5.92 Å². The Morgan fingerprint density at radius 2 is 1.69 bits per heavy atom. The number of amides is 2.